The zero-order valence-corrected chi connectivity index (χ0v) is 16.4. The minimum Gasteiger partial charge on any atom is -0.303 e. The van der Waals surface area contributed by atoms with Gasteiger partial charge in [0, 0.05) is 11.8 Å². The van der Waals surface area contributed by atoms with E-state index < -0.39 is 0 Å². The molecule has 0 aliphatic rings. The van der Waals surface area contributed by atoms with Crippen molar-refractivity contribution >= 4 is 54.9 Å². The molecule has 24 heavy (non-hydrogen) atoms. The normalized spacial score (nSPS) is 10.8. The van der Waals surface area contributed by atoms with Crippen LogP contribution in [0.5, 0.6) is 0 Å². The van der Waals surface area contributed by atoms with Crippen LogP contribution >= 0.6 is 43.2 Å². The highest BCUT2D eigenvalue weighted by atomic mass is 79.9. The molecule has 0 bridgehead atoms. The molecule has 0 spiro atoms. The monoisotopic (exact) mass is 472 g/mol. The summed E-state index contributed by atoms with van der Waals surface area (Å²) in [4.78, 5) is 16.5. The number of nitrogens with one attached hydrogen (secondary N) is 1. The Balaban J connectivity index is 1.78. The molecule has 0 fully saturated rings. The molecule has 0 unspecified atom stereocenters. The highest BCUT2D eigenvalue weighted by molar-refractivity contribution is 9.11. The number of thiazole rings is 1. The second-order valence-electron chi connectivity index (χ2n) is 4.92. The predicted molar refractivity (Wildman–Crippen MR) is 97.9 cm³/mol. The first kappa shape index (κ1) is 17.2. The van der Waals surface area contributed by atoms with E-state index in [1.807, 2.05) is 6.92 Å². The van der Waals surface area contributed by atoms with Crippen molar-refractivity contribution in [3.63, 3.8) is 0 Å². The first-order valence-corrected chi connectivity index (χ1v) is 9.25. The lowest BCUT2D eigenvalue weighted by atomic mass is 10.2. The molecule has 3 aromatic rings. The van der Waals surface area contributed by atoms with Crippen molar-refractivity contribution in [2.24, 2.45) is 0 Å². The summed E-state index contributed by atoms with van der Waals surface area (Å²) in [5, 5.41) is 7.77. The SMILES string of the molecule is Cc1nc(C(=O)Nc2nn(Cc3ccccc3F)cc2Br)c(Br)s1. The van der Waals surface area contributed by atoms with Crippen molar-refractivity contribution in [2.75, 3.05) is 5.32 Å². The zero-order valence-electron chi connectivity index (χ0n) is 12.4. The smallest absolute Gasteiger partial charge is 0.277 e. The van der Waals surface area contributed by atoms with Crippen LogP contribution in [0.4, 0.5) is 10.2 Å². The molecule has 0 atom stereocenters. The molecule has 124 valence electrons. The number of benzene rings is 1. The Morgan fingerprint density at radius 2 is 2.12 bits per heavy atom. The van der Waals surface area contributed by atoms with E-state index in [1.165, 1.54) is 17.4 Å². The van der Waals surface area contributed by atoms with E-state index in [0.717, 1.165) is 5.01 Å². The first-order valence-electron chi connectivity index (χ1n) is 6.84. The van der Waals surface area contributed by atoms with Crippen molar-refractivity contribution in [1.82, 2.24) is 14.8 Å². The second kappa shape index (κ2) is 7.12. The zero-order chi connectivity index (χ0) is 17.3. The third kappa shape index (κ3) is 3.73. The topological polar surface area (TPSA) is 59.8 Å². The van der Waals surface area contributed by atoms with Gasteiger partial charge in [0.1, 0.15) is 9.60 Å². The maximum Gasteiger partial charge on any atom is 0.277 e. The molecule has 1 amide bonds. The van der Waals surface area contributed by atoms with Gasteiger partial charge in [-0.15, -0.1) is 11.3 Å². The van der Waals surface area contributed by atoms with Gasteiger partial charge in [0.15, 0.2) is 11.5 Å². The minimum atomic E-state index is -0.358. The molecular formula is C15H11Br2FN4OS. The first-order chi connectivity index (χ1) is 11.4. The van der Waals surface area contributed by atoms with E-state index in [-0.39, 0.29) is 18.3 Å². The molecule has 0 aliphatic carbocycles. The fourth-order valence-corrected chi connectivity index (χ4v) is 4.09. The Morgan fingerprint density at radius 3 is 2.79 bits per heavy atom. The van der Waals surface area contributed by atoms with E-state index >= 15 is 0 Å². The third-order valence-corrected chi connectivity index (χ3v) is 5.35. The number of hydrogen-bond donors (Lipinski definition) is 1. The molecule has 0 radical (unpaired) electrons. The van der Waals surface area contributed by atoms with Gasteiger partial charge >= 0.3 is 0 Å². The highest BCUT2D eigenvalue weighted by Gasteiger charge is 2.18. The number of aromatic nitrogens is 3. The van der Waals surface area contributed by atoms with Crippen molar-refractivity contribution in [2.45, 2.75) is 13.5 Å². The molecule has 3 rings (SSSR count). The van der Waals surface area contributed by atoms with Crippen LogP contribution in [0.1, 0.15) is 21.1 Å². The highest BCUT2D eigenvalue weighted by Crippen LogP contribution is 2.26. The van der Waals surface area contributed by atoms with Crippen LogP contribution in [0.3, 0.4) is 0 Å². The average Bonchev–Trinajstić information content (AvgIpc) is 3.04. The lowest BCUT2D eigenvalue weighted by Crippen LogP contribution is -2.14. The molecular weight excluding hydrogens is 463 g/mol. The van der Waals surface area contributed by atoms with E-state index in [9.17, 15) is 9.18 Å². The van der Waals surface area contributed by atoms with Gasteiger partial charge in [-0.1, -0.05) is 18.2 Å². The van der Waals surface area contributed by atoms with Gasteiger partial charge in [-0.25, -0.2) is 9.37 Å². The van der Waals surface area contributed by atoms with Crippen LogP contribution in [0.2, 0.25) is 0 Å². The molecule has 2 heterocycles. The summed E-state index contributed by atoms with van der Waals surface area (Å²) in [5.74, 6) is -0.298. The Bertz CT molecular complexity index is 909. The molecule has 2 aromatic heterocycles. The molecule has 1 N–H and O–H groups in total. The summed E-state index contributed by atoms with van der Waals surface area (Å²) in [5.41, 5.74) is 0.830. The number of anilines is 1. The summed E-state index contributed by atoms with van der Waals surface area (Å²) in [7, 11) is 0. The Kier molecular flexibility index (Phi) is 5.12. The number of nitrogens with zero attached hydrogens (tertiary/aromatic N) is 3. The number of amides is 1. The van der Waals surface area contributed by atoms with E-state index in [1.54, 1.807) is 29.1 Å². The third-order valence-electron chi connectivity index (χ3n) is 3.15. The number of carbonyl (C=O) groups excluding carboxylic acids is 1. The van der Waals surface area contributed by atoms with Gasteiger partial charge in [0.25, 0.3) is 5.91 Å². The molecule has 0 aliphatic heterocycles. The second-order valence-corrected chi connectivity index (χ2v) is 8.30. The van der Waals surface area contributed by atoms with Crippen LogP contribution in [0, 0.1) is 12.7 Å². The van der Waals surface area contributed by atoms with Crippen LogP contribution in [0.15, 0.2) is 38.7 Å². The maximum atomic E-state index is 13.7. The summed E-state index contributed by atoms with van der Waals surface area (Å²) >= 11 is 8.06. The van der Waals surface area contributed by atoms with Crippen molar-refractivity contribution in [3.8, 4) is 0 Å². The summed E-state index contributed by atoms with van der Waals surface area (Å²) in [6, 6.07) is 6.50. The van der Waals surface area contributed by atoms with E-state index in [2.05, 4.69) is 47.3 Å². The van der Waals surface area contributed by atoms with Crippen LogP contribution in [0.25, 0.3) is 0 Å². The number of carbonyl (C=O) groups is 1. The average molecular weight is 474 g/mol. The van der Waals surface area contributed by atoms with Crippen LogP contribution < -0.4 is 5.32 Å². The van der Waals surface area contributed by atoms with Crippen molar-refractivity contribution < 1.29 is 9.18 Å². The van der Waals surface area contributed by atoms with Crippen molar-refractivity contribution in [3.05, 3.63) is 60.8 Å². The van der Waals surface area contributed by atoms with Gasteiger partial charge in [-0.2, -0.15) is 5.10 Å². The van der Waals surface area contributed by atoms with Crippen LogP contribution in [-0.2, 0) is 6.54 Å². The quantitative estimate of drug-likeness (QED) is 0.601. The molecule has 0 saturated carbocycles. The standard InChI is InChI=1S/C15H11Br2FN4OS/c1-8-19-12(13(17)24-8)15(23)20-14-10(16)7-22(21-14)6-9-4-2-3-5-11(9)18/h2-5,7H,6H2,1H3,(H,20,21,23). The van der Waals surface area contributed by atoms with Gasteiger partial charge in [-0.3, -0.25) is 9.48 Å². The predicted octanol–water partition coefficient (Wildman–Crippen LogP) is 4.61. The van der Waals surface area contributed by atoms with Gasteiger partial charge in [-0.05, 0) is 44.8 Å². The lowest BCUT2D eigenvalue weighted by Gasteiger charge is -2.03. The van der Waals surface area contributed by atoms with Crippen LogP contribution in [-0.4, -0.2) is 20.7 Å². The molecule has 0 saturated heterocycles. The van der Waals surface area contributed by atoms with Gasteiger partial charge in [0.2, 0.25) is 0 Å². The number of aryl methyl sites for hydroxylation is 1. The molecule has 5 nitrogen and oxygen atoms in total. The number of rotatable bonds is 4. The number of hydrogen-bond acceptors (Lipinski definition) is 4. The van der Waals surface area contributed by atoms with Gasteiger partial charge < -0.3 is 5.32 Å². The number of halogens is 3. The molecule has 9 heteroatoms. The fraction of sp³-hybridized carbons (Fsp3) is 0.133. The summed E-state index contributed by atoms with van der Waals surface area (Å²) < 4.78 is 16.6. The van der Waals surface area contributed by atoms with E-state index in [4.69, 9.17) is 0 Å². The fourth-order valence-electron chi connectivity index (χ4n) is 2.07. The Morgan fingerprint density at radius 1 is 1.38 bits per heavy atom. The summed E-state index contributed by atoms with van der Waals surface area (Å²) in [6.07, 6.45) is 1.68. The molecule has 1 aromatic carbocycles. The van der Waals surface area contributed by atoms with E-state index in [0.29, 0.717) is 25.3 Å². The Hall–Kier alpha value is -1.58. The largest absolute Gasteiger partial charge is 0.303 e. The minimum absolute atomic E-state index is 0.265. The maximum absolute atomic E-state index is 13.7. The Labute approximate surface area is 158 Å². The van der Waals surface area contributed by atoms with Crippen molar-refractivity contribution in [1.29, 1.82) is 0 Å². The summed E-state index contributed by atoms with van der Waals surface area (Å²) in [6.45, 7) is 2.09. The van der Waals surface area contributed by atoms with Gasteiger partial charge in [0.05, 0.1) is 16.0 Å². The lowest BCUT2D eigenvalue weighted by molar-refractivity contribution is 0.102.